The Morgan fingerprint density at radius 2 is 1.79 bits per heavy atom. The van der Waals surface area contributed by atoms with Gasteiger partial charge in [-0.2, -0.15) is 4.31 Å². The van der Waals surface area contributed by atoms with Crippen LogP contribution in [0.4, 0.5) is 4.39 Å². The fraction of sp³-hybridized carbons (Fsp3) is 0.588. The smallest absolute Gasteiger partial charge is 0.246 e. The lowest BCUT2D eigenvalue weighted by Crippen LogP contribution is -2.49. The zero-order chi connectivity index (χ0) is 17.2. The lowest BCUT2D eigenvalue weighted by atomic mass is 9.95. The molecule has 24 heavy (non-hydrogen) atoms. The molecule has 3 rings (SSSR count). The lowest BCUT2D eigenvalue weighted by Gasteiger charge is -2.28. The predicted molar refractivity (Wildman–Crippen MR) is 88.3 cm³/mol. The van der Waals surface area contributed by atoms with Crippen LogP contribution >= 0.6 is 0 Å². The van der Waals surface area contributed by atoms with Gasteiger partial charge in [0.25, 0.3) is 0 Å². The quantitative estimate of drug-likeness (QED) is 0.903. The number of halogens is 1. The number of nitrogens with one attached hydrogen (secondary N) is 1. The van der Waals surface area contributed by atoms with E-state index in [9.17, 15) is 17.6 Å². The first-order valence-electron chi connectivity index (χ1n) is 8.57. The summed E-state index contributed by atoms with van der Waals surface area (Å²) in [6.45, 7) is 0.249. The maximum absolute atomic E-state index is 13.9. The van der Waals surface area contributed by atoms with E-state index >= 15 is 0 Å². The number of hydrogen-bond donors (Lipinski definition) is 1. The highest BCUT2D eigenvalue weighted by Gasteiger charge is 2.40. The Morgan fingerprint density at radius 3 is 2.50 bits per heavy atom. The first-order chi connectivity index (χ1) is 11.5. The highest BCUT2D eigenvalue weighted by atomic mass is 32.2. The first kappa shape index (κ1) is 17.4. The van der Waals surface area contributed by atoms with Crippen molar-refractivity contribution in [1.82, 2.24) is 9.62 Å². The largest absolute Gasteiger partial charge is 0.352 e. The van der Waals surface area contributed by atoms with E-state index in [2.05, 4.69) is 5.32 Å². The summed E-state index contributed by atoms with van der Waals surface area (Å²) in [7, 11) is -4.01. The lowest BCUT2D eigenvalue weighted by molar-refractivity contribution is -0.125. The Hall–Kier alpha value is -1.47. The Morgan fingerprint density at radius 1 is 1.08 bits per heavy atom. The third-order valence-corrected chi connectivity index (χ3v) is 6.82. The Kier molecular flexibility index (Phi) is 5.20. The molecule has 1 saturated heterocycles. The van der Waals surface area contributed by atoms with Gasteiger partial charge in [0.2, 0.25) is 15.9 Å². The maximum atomic E-state index is 13.9. The normalized spacial score (nSPS) is 23.3. The summed E-state index contributed by atoms with van der Waals surface area (Å²) in [6.07, 6.45) is 6.34. The van der Waals surface area contributed by atoms with E-state index in [4.69, 9.17) is 0 Å². The van der Waals surface area contributed by atoms with Crippen molar-refractivity contribution < 1.29 is 17.6 Å². The Bertz CT molecular complexity index is 702. The van der Waals surface area contributed by atoms with Gasteiger partial charge in [0.15, 0.2) is 0 Å². The standard InChI is InChI=1S/C17H23FN2O3S/c18-14-9-4-5-11-16(14)24(22,23)20-12-6-10-15(20)17(21)19-13-7-2-1-3-8-13/h4-5,9,11,13,15H,1-3,6-8,10,12H2,(H,19,21). The van der Waals surface area contributed by atoms with Crippen LogP contribution in [0.5, 0.6) is 0 Å². The zero-order valence-corrected chi connectivity index (χ0v) is 14.4. The average Bonchev–Trinajstić information content (AvgIpc) is 3.06. The number of nitrogens with zero attached hydrogens (tertiary/aromatic N) is 1. The number of carbonyl (C=O) groups is 1. The van der Waals surface area contributed by atoms with E-state index in [0.29, 0.717) is 12.8 Å². The summed E-state index contributed by atoms with van der Waals surface area (Å²) in [5.41, 5.74) is 0. The number of hydrogen-bond acceptors (Lipinski definition) is 3. The van der Waals surface area contributed by atoms with Gasteiger partial charge < -0.3 is 5.32 Å². The van der Waals surface area contributed by atoms with Gasteiger partial charge in [-0.25, -0.2) is 12.8 Å². The fourth-order valence-electron chi connectivity index (χ4n) is 3.61. The van der Waals surface area contributed by atoms with Gasteiger partial charge in [-0.1, -0.05) is 31.4 Å². The maximum Gasteiger partial charge on any atom is 0.246 e. The first-order valence-corrected chi connectivity index (χ1v) is 10.0. The average molecular weight is 354 g/mol. The zero-order valence-electron chi connectivity index (χ0n) is 13.6. The molecule has 2 fully saturated rings. The fourth-order valence-corrected chi connectivity index (χ4v) is 5.34. The highest BCUT2D eigenvalue weighted by molar-refractivity contribution is 7.89. The van der Waals surface area contributed by atoms with Gasteiger partial charge in [-0.15, -0.1) is 0 Å². The molecule has 1 amide bonds. The third-order valence-electron chi connectivity index (χ3n) is 4.88. The molecule has 1 unspecified atom stereocenters. The number of rotatable bonds is 4. The van der Waals surface area contributed by atoms with Gasteiger partial charge in [0, 0.05) is 12.6 Å². The van der Waals surface area contributed by atoms with Gasteiger partial charge in [-0.3, -0.25) is 4.79 Å². The molecular weight excluding hydrogens is 331 g/mol. The predicted octanol–water partition coefficient (Wildman–Crippen LogP) is 2.43. The molecule has 0 aromatic heterocycles. The SMILES string of the molecule is O=C(NC1CCCCC1)C1CCCN1S(=O)(=O)c1ccccc1F. The van der Waals surface area contributed by atoms with Gasteiger partial charge in [0.05, 0.1) is 0 Å². The van der Waals surface area contributed by atoms with Crippen molar-refractivity contribution in [2.75, 3.05) is 6.54 Å². The van der Waals surface area contributed by atoms with Crippen LogP contribution in [0.1, 0.15) is 44.9 Å². The van der Waals surface area contributed by atoms with Crippen molar-refractivity contribution in [1.29, 1.82) is 0 Å². The second-order valence-corrected chi connectivity index (χ2v) is 8.41. The highest BCUT2D eigenvalue weighted by Crippen LogP contribution is 2.28. The number of amides is 1. The van der Waals surface area contributed by atoms with Crippen LogP contribution in [0, 0.1) is 5.82 Å². The van der Waals surface area contributed by atoms with Crippen LogP contribution in [0.2, 0.25) is 0 Å². The molecule has 0 spiro atoms. The molecular formula is C17H23FN2O3S. The topological polar surface area (TPSA) is 66.5 Å². The van der Waals surface area contributed by atoms with Crippen molar-refractivity contribution >= 4 is 15.9 Å². The summed E-state index contributed by atoms with van der Waals surface area (Å²) >= 11 is 0. The summed E-state index contributed by atoms with van der Waals surface area (Å²) in [4.78, 5) is 12.2. The number of carbonyl (C=O) groups excluding carboxylic acids is 1. The summed E-state index contributed by atoms with van der Waals surface area (Å²) in [5.74, 6) is -1.03. The van der Waals surface area contributed by atoms with Crippen LogP contribution in [-0.4, -0.2) is 37.3 Å². The Balaban J connectivity index is 1.77. The summed E-state index contributed by atoms with van der Waals surface area (Å²) in [6, 6.07) is 4.70. The van der Waals surface area contributed by atoms with E-state index < -0.39 is 21.9 Å². The van der Waals surface area contributed by atoms with Crippen LogP contribution in [0.25, 0.3) is 0 Å². The molecule has 0 bridgehead atoms. The van der Waals surface area contributed by atoms with E-state index in [-0.39, 0.29) is 23.4 Å². The molecule has 1 heterocycles. The molecule has 132 valence electrons. The second kappa shape index (κ2) is 7.19. The molecule has 2 aliphatic rings. The molecule has 1 N–H and O–H groups in total. The van der Waals surface area contributed by atoms with Crippen LogP contribution in [0.3, 0.4) is 0 Å². The minimum atomic E-state index is -4.01. The number of benzene rings is 1. The summed E-state index contributed by atoms with van der Waals surface area (Å²) in [5, 5.41) is 2.99. The van der Waals surface area contributed by atoms with Crippen molar-refractivity contribution in [3.8, 4) is 0 Å². The minimum absolute atomic E-state index is 0.130. The van der Waals surface area contributed by atoms with Crippen molar-refractivity contribution in [2.24, 2.45) is 0 Å². The molecule has 0 radical (unpaired) electrons. The minimum Gasteiger partial charge on any atom is -0.352 e. The molecule has 1 atom stereocenters. The molecule has 1 aromatic rings. The molecule has 1 aliphatic carbocycles. The molecule has 1 aliphatic heterocycles. The number of sulfonamides is 1. The summed E-state index contributed by atoms with van der Waals surface area (Å²) < 4.78 is 40.6. The van der Waals surface area contributed by atoms with Crippen molar-refractivity contribution in [3.63, 3.8) is 0 Å². The van der Waals surface area contributed by atoms with Crippen molar-refractivity contribution in [2.45, 2.75) is 61.9 Å². The van der Waals surface area contributed by atoms with Gasteiger partial charge in [-0.05, 0) is 37.8 Å². The third kappa shape index (κ3) is 3.47. The van der Waals surface area contributed by atoms with E-state index in [0.717, 1.165) is 36.1 Å². The monoisotopic (exact) mass is 354 g/mol. The van der Waals surface area contributed by atoms with Gasteiger partial charge >= 0.3 is 0 Å². The van der Waals surface area contributed by atoms with Crippen LogP contribution in [-0.2, 0) is 14.8 Å². The van der Waals surface area contributed by atoms with E-state index in [1.807, 2.05) is 0 Å². The molecule has 1 saturated carbocycles. The van der Waals surface area contributed by atoms with Crippen LogP contribution < -0.4 is 5.32 Å². The molecule has 1 aromatic carbocycles. The van der Waals surface area contributed by atoms with E-state index in [1.165, 1.54) is 24.6 Å². The van der Waals surface area contributed by atoms with Crippen molar-refractivity contribution in [3.05, 3.63) is 30.1 Å². The Labute approximate surface area is 142 Å². The molecule has 7 heteroatoms. The van der Waals surface area contributed by atoms with Gasteiger partial charge in [0.1, 0.15) is 16.8 Å². The second-order valence-electron chi connectivity index (χ2n) is 6.55. The van der Waals surface area contributed by atoms with E-state index in [1.54, 1.807) is 0 Å². The van der Waals surface area contributed by atoms with Crippen LogP contribution in [0.15, 0.2) is 29.2 Å². The molecule has 5 nitrogen and oxygen atoms in total.